The van der Waals surface area contributed by atoms with Crippen LogP contribution in [0.25, 0.3) is 0 Å². The highest BCUT2D eigenvalue weighted by molar-refractivity contribution is 6.04. The molecule has 1 aliphatic heterocycles. The molecular weight excluding hydrogens is 362 g/mol. The number of hydrogen-bond acceptors (Lipinski definition) is 3. The molecule has 154 valence electrons. The van der Waals surface area contributed by atoms with Crippen molar-refractivity contribution in [3.8, 4) is 0 Å². The van der Waals surface area contributed by atoms with Gasteiger partial charge in [0.2, 0.25) is 0 Å². The number of nitrogens with zero attached hydrogens (tertiary/aromatic N) is 1. The number of benzene rings is 2. The van der Waals surface area contributed by atoms with Crippen LogP contribution in [-0.2, 0) is 0 Å². The summed E-state index contributed by atoms with van der Waals surface area (Å²) in [6, 6.07) is 16.6. The number of anilines is 1. The molecule has 1 atom stereocenters. The molecule has 0 spiro atoms. The van der Waals surface area contributed by atoms with E-state index in [9.17, 15) is 9.59 Å². The predicted molar refractivity (Wildman–Crippen MR) is 117 cm³/mol. The molecule has 1 fully saturated rings. The van der Waals surface area contributed by atoms with E-state index in [1.807, 2.05) is 18.2 Å². The Kier molecular flexibility index (Phi) is 7.82. The quantitative estimate of drug-likeness (QED) is 0.702. The fraction of sp³-hybridized carbons (Fsp3) is 0.417. The van der Waals surface area contributed by atoms with E-state index in [0.29, 0.717) is 29.4 Å². The van der Waals surface area contributed by atoms with E-state index in [1.54, 1.807) is 36.4 Å². The average Bonchev–Trinajstić information content (AvgIpc) is 2.77. The second-order valence-electron chi connectivity index (χ2n) is 7.65. The minimum Gasteiger partial charge on any atom is -0.350 e. The molecule has 2 aromatic carbocycles. The van der Waals surface area contributed by atoms with Crippen LogP contribution in [0.3, 0.4) is 0 Å². The van der Waals surface area contributed by atoms with Crippen molar-refractivity contribution >= 4 is 17.5 Å². The van der Waals surface area contributed by atoms with Gasteiger partial charge in [0.25, 0.3) is 11.8 Å². The lowest BCUT2D eigenvalue weighted by molar-refractivity contribution is 0.0912. The normalized spacial score (nSPS) is 16.9. The van der Waals surface area contributed by atoms with Crippen molar-refractivity contribution in [2.45, 2.75) is 45.1 Å². The molecule has 1 heterocycles. The molecule has 1 saturated heterocycles. The molecule has 0 aliphatic carbocycles. The Balaban J connectivity index is 1.51. The van der Waals surface area contributed by atoms with Gasteiger partial charge in [0.1, 0.15) is 0 Å². The highest BCUT2D eigenvalue weighted by atomic mass is 16.2. The van der Waals surface area contributed by atoms with E-state index in [1.165, 1.54) is 25.7 Å². The first-order valence-corrected chi connectivity index (χ1v) is 10.7. The van der Waals surface area contributed by atoms with Crippen LogP contribution in [-0.4, -0.2) is 42.4 Å². The molecule has 0 saturated carbocycles. The fourth-order valence-electron chi connectivity index (χ4n) is 3.76. The number of amides is 2. The first kappa shape index (κ1) is 21.1. The lowest BCUT2D eigenvalue weighted by atomic mass is 10.0. The zero-order valence-electron chi connectivity index (χ0n) is 17.2. The summed E-state index contributed by atoms with van der Waals surface area (Å²) >= 11 is 0. The predicted octanol–water partition coefficient (Wildman–Crippen LogP) is 4.32. The van der Waals surface area contributed by atoms with E-state index in [4.69, 9.17) is 0 Å². The molecule has 0 bridgehead atoms. The van der Waals surface area contributed by atoms with E-state index in [2.05, 4.69) is 22.5 Å². The Bertz CT molecular complexity index is 790. The molecule has 3 rings (SSSR count). The van der Waals surface area contributed by atoms with Crippen LogP contribution in [0.4, 0.5) is 5.69 Å². The number of hydrogen-bond donors (Lipinski definition) is 2. The number of carbonyl (C=O) groups excluding carboxylic acids is 2. The lowest BCUT2D eigenvalue weighted by Crippen LogP contribution is -2.47. The summed E-state index contributed by atoms with van der Waals surface area (Å²) in [5.74, 6) is -0.223. The third-order valence-corrected chi connectivity index (χ3v) is 5.49. The van der Waals surface area contributed by atoms with Crippen molar-refractivity contribution < 1.29 is 9.59 Å². The summed E-state index contributed by atoms with van der Waals surface area (Å²) in [5, 5.41) is 5.95. The molecular formula is C24H31N3O2. The van der Waals surface area contributed by atoms with Crippen LogP contribution < -0.4 is 10.6 Å². The monoisotopic (exact) mass is 393 g/mol. The SMILES string of the molecule is CCCCN1CCCCC1CNC(=O)c1ccc(NC(=O)c2ccccc2)cc1. The number of carbonyl (C=O) groups is 2. The smallest absolute Gasteiger partial charge is 0.255 e. The maximum Gasteiger partial charge on any atom is 0.255 e. The molecule has 5 heteroatoms. The topological polar surface area (TPSA) is 61.4 Å². The van der Waals surface area contributed by atoms with Crippen LogP contribution in [0.2, 0.25) is 0 Å². The van der Waals surface area contributed by atoms with Gasteiger partial charge in [-0.25, -0.2) is 0 Å². The van der Waals surface area contributed by atoms with E-state index < -0.39 is 0 Å². The van der Waals surface area contributed by atoms with E-state index in [0.717, 1.165) is 19.5 Å². The Hall–Kier alpha value is -2.66. The third kappa shape index (κ3) is 6.16. The Morgan fingerprint density at radius 2 is 1.69 bits per heavy atom. The zero-order chi connectivity index (χ0) is 20.5. The van der Waals surface area contributed by atoms with Crippen molar-refractivity contribution in [3.05, 3.63) is 65.7 Å². The highest BCUT2D eigenvalue weighted by Gasteiger charge is 2.22. The van der Waals surface area contributed by atoms with Gasteiger partial charge in [-0.1, -0.05) is 38.0 Å². The standard InChI is InChI=1S/C24H31N3O2/c1-2-3-16-27-17-8-7-11-22(27)18-25-23(28)20-12-14-21(15-13-20)26-24(29)19-9-5-4-6-10-19/h4-6,9-10,12-15,22H,2-3,7-8,11,16-18H2,1H3,(H,25,28)(H,26,29). The lowest BCUT2D eigenvalue weighted by Gasteiger charge is -2.35. The van der Waals surface area contributed by atoms with Crippen molar-refractivity contribution in [2.75, 3.05) is 25.0 Å². The Morgan fingerprint density at radius 3 is 2.41 bits per heavy atom. The minimum absolute atomic E-state index is 0.0630. The van der Waals surface area contributed by atoms with Crippen molar-refractivity contribution in [1.82, 2.24) is 10.2 Å². The van der Waals surface area contributed by atoms with Crippen molar-refractivity contribution in [2.24, 2.45) is 0 Å². The zero-order valence-corrected chi connectivity index (χ0v) is 17.2. The minimum atomic E-state index is -0.160. The van der Waals surface area contributed by atoms with Gasteiger partial charge >= 0.3 is 0 Å². The molecule has 0 aromatic heterocycles. The van der Waals surface area contributed by atoms with E-state index >= 15 is 0 Å². The van der Waals surface area contributed by atoms with Gasteiger partial charge in [-0.2, -0.15) is 0 Å². The molecule has 29 heavy (non-hydrogen) atoms. The number of unbranched alkanes of at least 4 members (excludes halogenated alkanes) is 1. The summed E-state index contributed by atoms with van der Waals surface area (Å²) in [6.07, 6.45) is 6.04. The van der Waals surface area contributed by atoms with Gasteiger partial charge in [-0.3, -0.25) is 14.5 Å². The van der Waals surface area contributed by atoms with E-state index in [-0.39, 0.29) is 11.8 Å². The molecule has 0 radical (unpaired) electrons. The van der Waals surface area contributed by atoms with Gasteiger partial charge in [0.15, 0.2) is 0 Å². The maximum absolute atomic E-state index is 12.5. The van der Waals surface area contributed by atoms with Crippen molar-refractivity contribution in [1.29, 1.82) is 0 Å². The number of rotatable bonds is 8. The van der Waals surface area contributed by atoms with Gasteiger partial charge in [-0.15, -0.1) is 0 Å². The molecule has 2 amide bonds. The summed E-state index contributed by atoms with van der Waals surface area (Å²) in [7, 11) is 0. The summed E-state index contributed by atoms with van der Waals surface area (Å²) < 4.78 is 0. The molecule has 2 aromatic rings. The summed E-state index contributed by atoms with van der Waals surface area (Å²) in [4.78, 5) is 27.3. The molecule has 1 aliphatic rings. The Morgan fingerprint density at radius 1 is 0.966 bits per heavy atom. The van der Waals surface area contributed by atoms with Crippen molar-refractivity contribution in [3.63, 3.8) is 0 Å². The largest absolute Gasteiger partial charge is 0.350 e. The van der Waals surface area contributed by atoms with Crippen LogP contribution >= 0.6 is 0 Å². The maximum atomic E-state index is 12.5. The Labute approximate surface area is 173 Å². The van der Waals surface area contributed by atoms with Crippen LogP contribution in [0.15, 0.2) is 54.6 Å². The number of nitrogens with one attached hydrogen (secondary N) is 2. The average molecular weight is 394 g/mol. The number of likely N-dealkylation sites (tertiary alicyclic amines) is 1. The second kappa shape index (κ2) is 10.8. The molecule has 1 unspecified atom stereocenters. The molecule has 2 N–H and O–H groups in total. The third-order valence-electron chi connectivity index (χ3n) is 5.49. The van der Waals surface area contributed by atoms with Crippen LogP contribution in [0.5, 0.6) is 0 Å². The summed E-state index contributed by atoms with van der Waals surface area (Å²) in [6.45, 7) is 5.16. The first-order chi connectivity index (χ1) is 14.2. The van der Waals surface area contributed by atoms with Gasteiger partial charge in [0, 0.05) is 29.4 Å². The van der Waals surface area contributed by atoms with Gasteiger partial charge in [0.05, 0.1) is 0 Å². The first-order valence-electron chi connectivity index (χ1n) is 10.7. The van der Waals surface area contributed by atoms with Crippen LogP contribution in [0.1, 0.15) is 59.7 Å². The van der Waals surface area contributed by atoms with Gasteiger partial charge < -0.3 is 10.6 Å². The summed E-state index contributed by atoms with van der Waals surface area (Å²) in [5.41, 5.74) is 1.89. The molecule has 5 nitrogen and oxygen atoms in total. The van der Waals surface area contributed by atoms with Crippen LogP contribution in [0, 0.1) is 0 Å². The second-order valence-corrected chi connectivity index (χ2v) is 7.65. The van der Waals surface area contributed by atoms with Gasteiger partial charge in [-0.05, 0) is 68.8 Å². The fourth-order valence-corrected chi connectivity index (χ4v) is 3.76. The highest BCUT2D eigenvalue weighted by Crippen LogP contribution is 2.17. The number of piperidine rings is 1.